The first-order valence-electron chi connectivity index (χ1n) is 10.4. The zero-order valence-corrected chi connectivity index (χ0v) is 20.0. The summed E-state index contributed by atoms with van der Waals surface area (Å²) in [5, 5.41) is 13.8. The van der Waals surface area contributed by atoms with E-state index < -0.39 is 29.4 Å². The molecule has 8 nitrogen and oxygen atoms in total. The number of aromatic nitrogens is 3. The van der Waals surface area contributed by atoms with Crippen LogP contribution in [0.15, 0.2) is 36.4 Å². The molecule has 0 spiro atoms. The van der Waals surface area contributed by atoms with Gasteiger partial charge in [0.25, 0.3) is 0 Å². The molecule has 0 N–H and O–H groups in total. The first kappa shape index (κ1) is 24.9. The minimum absolute atomic E-state index is 0.0825. The molecule has 2 heterocycles. The minimum atomic E-state index is -3.88. The molecule has 12 heteroatoms. The average molecular weight is 523 g/mol. The number of hydrogen-bond acceptors (Lipinski definition) is 7. The highest BCUT2D eigenvalue weighted by Crippen LogP contribution is 2.45. The Labute approximate surface area is 208 Å². The van der Waals surface area contributed by atoms with Gasteiger partial charge < -0.3 is 14.2 Å². The molecule has 0 fully saturated rings. The molecule has 0 aliphatic carbocycles. The van der Waals surface area contributed by atoms with Crippen molar-refractivity contribution in [2.75, 3.05) is 13.7 Å². The van der Waals surface area contributed by atoms with Crippen LogP contribution in [-0.4, -0.2) is 34.5 Å². The smallest absolute Gasteiger partial charge is 0.382 e. The second-order valence-electron chi connectivity index (χ2n) is 7.47. The van der Waals surface area contributed by atoms with Crippen LogP contribution in [0.4, 0.5) is 8.78 Å². The van der Waals surface area contributed by atoms with Gasteiger partial charge in [0.1, 0.15) is 29.6 Å². The van der Waals surface area contributed by atoms with Crippen molar-refractivity contribution in [1.82, 2.24) is 14.8 Å². The number of rotatable bonds is 6. The summed E-state index contributed by atoms with van der Waals surface area (Å²) in [5.41, 5.74) is 1.08. The number of fused-ring (bicyclic) bond motifs is 3. The van der Waals surface area contributed by atoms with Gasteiger partial charge in [-0.15, -0.1) is 10.2 Å². The molecule has 0 amide bonds. The van der Waals surface area contributed by atoms with Crippen molar-refractivity contribution in [2.45, 2.75) is 30.9 Å². The fraction of sp³-hybridized carbons (Fsp3) is 0.304. The average Bonchev–Trinajstić information content (AvgIpc) is 3.22. The molecule has 182 valence electrons. The van der Waals surface area contributed by atoms with Gasteiger partial charge in [0.2, 0.25) is 5.82 Å². The predicted molar refractivity (Wildman–Crippen MR) is 121 cm³/mol. The van der Waals surface area contributed by atoms with Gasteiger partial charge in [0.05, 0.1) is 25.8 Å². The quantitative estimate of drug-likeness (QED) is 0.323. The minimum Gasteiger partial charge on any atom is -0.495 e. The van der Waals surface area contributed by atoms with E-state index in [1.54, 1.807) is 25.1 Å². The fourth-order valence-corrected chi connectivity index (χ4v) is 4.27. The van der Waals surface area contributed by atoms with Gasteiger partial charge in [-0.3, -0.25) is 9.36 Å². The molecule has 2 aromatic carbocycles. The number of carbonyl (C=O) groups excluding carboxylic acids is 1. The molecule has 4 rings (SSSR count). The maximum absolute atomic E-state index is 14.4. The Morgan fingerprint density at radius 1 is 1.29 bits per heavy atom. The summed E-state index contributed by atoms with van der Waals surface area (Å²) in [6, 6.07) is 11.5. The van der Waals surface area contributed by atoms with Crippen molar-refractivity contribution >= 4 is 29.2 Å². The van der Waals surface area contributed by atoms with E-state index in [2.05, 4.69) is 16.3 Å². The number of esters is 1. The third kappa shape index (κ3) is 4.67. The Balaban J connectivity index is 2.01. The third-order valence-electron chi connectivity index (χ3n) is 5.37. The monoisotopic (exact) mass is 522 g/mol. The van der Waals surface area contributed by atoms with E-state index in [4.69, 9.17) is 37.4 Å². The zero-order chi connectivity index (χ0) is 25.3. The zero-order valence-electron chi connectivity index (χ0n) is 18.5. The number of ether oxygens (including phenoxy) is 3. The number of methoxy groups -OCH3 is 1. The lowest BCUT2D eigenvalue weighted by molar-refractivity contribution is -0.147. The third-order valence-corrected chi connectivity index (χ3v) is 5.78. The van der Waals surface area contributed by atoms with E-state index in [1.807, 2.05) is 0 Å². The summed E-state index contributed by atoms with van der Waals surface area (Å²) in [6.45, 7) is 1.74. The second kappa shape index (κ2) is 9.77. The van der Waals surface area contributed by atoms with Crippen LogP contribution in [0.25, 0.3) is 5.69 Å². The normalized spacial score (nSPS) is 17.1. The summed E-state index contributed by atoms with van der Waals surface area (Å²) in [5.74, 6) is -1.29. The molecule has 1 aromatic heterocycles. The maximum atomic E-state index is 14.4. The molecular weight excluding hydrogens is 505 g/mol. The van der Waals surface area contributed by atoms with Crippen LogP contribution < -0.4 is 4.74 Å². The molecule has 0 unspecified atom stereocenters. The van der Waals surface area contributed by atoms with Gasteiger partial charge in [-0.2, -0.15) is 14.0 Å². The Hall–Kier alpha value is -3.26. The van der Waals surface area contributed by atoms with Crippen molar-refractivity contribution < 1.29 is 27.8 Å². The molecule has 2 atom stereocenters. The Morgan fingerprint density at radius 3 is 2.71 bits per heavy atom. The van der Waals surface area contributed by atoms with E-state index in [0.29, 0.717) is 11.1 Å². The number of benzene rings is 2. The summed E-state index contributed by atoms with van der Waals surface area (Å²) in [4.78, 5) is 12.4. The number of nitriles is 1. The molecule has 1 aliphatic heterocycles. The van der Waals surface area contributed by atoms with Crippen molar-refractivity contribution in [1.29, 1.82) is 5.26 Å². The van der Waals surface area contributed by atoms with Gasteiger partial charge >= 0.3 is 11.4 Å². The molecular formula is C23H18Cl2F2N4O4. The number of nitrogens with zero attached hydrogens (tertiary/aromatic N) is 4. The lowest BCUT2D eigenvalue weighted by Crippen LogP contribution is -2.18. The number of hydrogen-bond donors (Lipinski definition) is 0. The largest absolute Gasteiger partial charge is 0.495 e. The van der Waals surface area contributed by atoms with E-state index in [9.17, 15) is 18.8 Å². The van der Waals surface area contributed by atoms with Gasteiger partial charge in [-0.25, -0.2) is 0 Å². The maximum Gasteiger partial charge on any atom is 0.382 e. The van der Waals surface area contributed by atoms with Crippen LogP contribution in [0.2, 0.25) is 5.02 Å². The SMILES string of the molecule is CCOC(=O)C[C@H]1O[C@H](c2cccc(OC)c2C#N)c2cc(Cl)ccc2-n2c1nnc2C(F)(F)Cl. The topological polar surface area (TPSA) is 99.3 Å². The van der Waals surface area contributed by atoms with E-state index in [-0.39, 0.29) is 40.9 Å². The first-order chi connectivity index (χ1) is 16.7. The first-order valence-corrected chi connectivity index (χ1v) is 11.2. The van der Waals surface area contributed by atoms with Crippen LogP contribution in [0.3, 0.4) is 0 Å². The highest BCUT2D eigenvalue weighted by atomic mass is 35.5. The van der Waals surface area contributed by atoms with Gasteiger partial charge in [0.15, 0.2) is 5.82 Å². The van der Waals surface area contributed by atoms with E-state index in [1.165, 1.54) is 25.3 Å². The van der Waals surface area contributed by atoms with Crippen LogP contribution in [0, 0.1) is 11.3 Å². The van der Waals surface area contributed by atoms with Gasteiger partial charge in [-0.1, -0.05) is 23.7 Å². The Bertz CT molecular complexity index is 1320. The Kier molecular flexibility index (Phi) is 6.94. The second-order valence-corrected chi connectivity index (χ2v) is 8.38. The van der Waals surface area contributed by atoms with Crippen molar-refractivity contribution in [3.05, 3.63) is 69.8 Å². The number of carbonyl (C=O) groups is 1. The molecule has 0 saturated heterocycles. The summed E-state index contributed by atoms with van der Waals surface area (Å²) in [7, 11) is 1.42. The van der Waals surface area contributed by atoms with Crippen molar-refractivity contribution in [3.63, 3.8) is 0 Å². The highest BCUT2D eigenvalue weighted by molar-refractivity contribution is 6.30. The molecule has 3 aromatic rings. The summed E-state index contributed by atoms with van der Waals surface area (Å²) in [6.07, 6.45) is -2.56. The number of halogens is 4. The molecule has 0 saturated carbocycles. The van der Waals surface area contributed by atoms with Crippen LogP contribution in [-0.2, 0) is 19.6 Å². The highest BCUT2D eigenvalue weighted by Gasteiger charge is 2.42. The molecule has 1 aliphatic rings. The summed E-state index contributed by atoms with van der Waals surface area (Å²) >= 11 is 11.6. The van der Waals surface area contributed by atoms with Crippen molar-refractivity contribution in [3.8, 4) is 17.5 Å². The van der Waals surface area contributed by atoms with Crippen molar-refractivity contribution in [2.24, 2.45) is 0 Å². The lowest BCUT2D eigenvalue weighted by atomic mass is 9.95. The summed E-state index contributed by atoms with van der Waals surface area (Å²) < 4.78 is 46.4. The van der Waals surface area contributed by atoms with E-state index >= 15 is 0 Å². The predicted octanol–water partition coefficient (Wildman–Crippen LogP) is 5.20. The van der Waals surface area contributed by atoms with E-state index in [0.717, 1.165) is 4.57 Å². The molecule has 0 radical (unpaired) electrons. The van der Waals surface area contributed by atoms with Crippen LogP contribution >= 0.6 is 23.2 Å². The van der Waals surface area contributed by atoms with Gasteiger partial charge in [0, 0.05) is 16.1 Å². The fourth-order valence-electron chi connectivity index (χ4n) is 3.97. The van der Waals surface area contributed by atoms with Gasteiger partial charge in [-0.05, 0) is 42.8 Å². The van der Waals surface area contributed by atoms with Crippen LogP contribution in [0.5, 0.6) is 5.75 Å². The molecule has 35 heavy (non-hydrogen) atoms. The standard InChI is InChI=1S/C23H18Cl2F2N4O4/c1-3-34-19(32)10-18-21-29-30-22(23(25,26)27)31(21)16-8-7-12(24)9-14(16)20(35-18)13-5-4-6-17(33-2)15(13)11-28/h4-9,18,20H,3,10H2,1-2H3/t18-,20-/m1/s1. The van der Waals surface area contributed by atoms with Crippen LogP contribution in [0.1, 0.15) is 53.9 Å². The Morgan fingerprint density at radius 2 is 2.06 bits per heavy atom. The number of alkyl halides is 3. The lowest BCUT2D eigenvalue weighted by Gasteiger charge is -2.23. The molecule has 0 bridgehead atoms.